The topological polar surface area (TPSA) is 29.5 Å². The van der Waals surface area contributed by atoms with Crippen LogP contribution in [0.2, 0.25) is 0 Å². The predicted molar refractivity (Wildman–Crippen MR) is 75.3 cm³/mol. The molecule has 0 saturated carbocycles. The van der Waals surface area contributed by atoms with Crippen LogP contribution >= 0.6 is 11.3 Å². The summed E-state index contributed by atoms with van der Waals surface area (Å²) in [6.45, 7) is 4.42. The molecule has 0 amide bonds. The van der Waals surface area contributed by atoms with Crippen molar-refractivity contribution in [2.75, 3.05) is 6.61 Å². The van der Waals surface area contributed by atoms with Crippen LogP contribution < -0.4 is 4.74 Å². The summed E-state index contributed by atoms with van der Waals surface area (Å²) in [6.07, 6.45) is 0.400. The molecule has 1 aromatic heterocycles. The van der Waals surface area contributed by atoms with E-state index >= 15 is 0 Å². The lowest BCUT2D eigenvalue weighted by atomic mass is 10.1. The molecule has 0 fully saturated rings. The standard InChI is InChI=1S/C15H18O2S/c1-11-3-4-15(14(9-11)12(2)16)17-7-5-13-6-8-18-10-13/h3-4,6,8-10,12,16H,5,7H2,1-2H3/t12-/m1/s1. The Hall–Kier alpha value is -1.32. The largest absolute Gasteiger partial charge is 0.493 e. The third-order valence-electron chi connectivity index (χ3n) is 2.84. The predicted octanol–water partition coefficient (Wildman–Crippen LogP) is 3.73. The number of thiophene rings is 1. The van der Waals surface area contributed by atoms with Crippen LogP contribution in [0, 0.1) is 6.92 Å². The fraction of sp³-hybridized carbons (Fsp3) is 0.333. The van der Waals surface area contributed by atoms with Crippen LogP contribution in [0.5, 0.6) is 5.75 Å². The van der Waals surface area contributed by atoms with E-state index in [4.69, 9.17) is 4.74 Å². The molecule has 0 unspecified atom stereocenters. The van der Waals surface area contributed by atoms with Crippen LogP contribution in [-0.2, 0) is 6.42 Å². The van der Waals surface area contributed by atoms with Crippen LogP contribution in [0.1, 0.15) is 29.7 Å². The maximum atomic E-state index is 9.73. The second-order valence-electron chi connectivity index (χ2n) is 4.45. The number of rotatable bonds is 5. The maximum Gasteiger partial charge on any atom is 0.125 e. The summed E-state index contributed by atoms with van der Waals surface area (Å²) in [5.74, 6) is 0.783. The third kappa shape index (κ3) is 3.34. The molecule has 1 N–H and O–H groups in total. The van der Waals surface area contributed by atoms with Crippen molar-refractivity contribution in [1.29, 1.82) is 0 Å². The van der Waals surface area contributed by atoms with Crippen molar-refractivity contribution in [3.8, 4) is 5.75 Å². The zero-order valence-electron chi connectivity index (χ0n) is 10.7. The first kappa shape index (κ1) is 13.1. The Morgan fingerprint density at radius 1 is 1.33 bits per heavy atom. The van der Waals surface area contributed by atoms with Gasteiger partial charge in [0.25, 0.3) is 0 Å². The minimum absolute atomic E-state index is 0.499. The fourth-order valence-electron chi connectivity index (χ4n) is 1.84. The molecule has 0 spiro atoms. The highest BCUT2D eigenvalue weighted by molar-refractivity contribution is 7.07. The molecule has 0 aliphatic rings. The van der Waals surface area contributed by atoms with Crippen molar-refractivity contribution in [2.24, 2.45) is 0 Å². The van der Waals surface area contributed by atoms with E-state index in [1.165, 1.54) is 5.56 Å². The lowest BCUT2D eigenvalue weighted by Gasteiger charge is -2.14. The number of aliphatic hydroxyl groups excluding tert-OH is 1. The van der Waals surface area contributed by atoms with Gasteiger partial charge in [-0.3, -0.25) is 0 Å². The normalized spacial score (nSPS) is 12.4. The van der Waals surface area contributed by atoms with E-state index in [2.05, 4.69) is 16.8 Å². The lowest BCUT2D eigenvalue weighted by Crippen LogP contribution is -2.04. The monoisotopic (exact) mass is 262 g/mol. The van der Waals surface area contributed by atoms with Crippen molar-refractivity contribution in [2.45, 2.75) is 26.4 Å². The average molecular weight is 262 g/mol. The van der Waals surface area contributed by atoms with Gasteiger partial charge in [0.15, 0.2) is 0 Å². The van der Waals surface area contributed by atoms with Crippen LogP contribution in [0.25, 0.3) is 0 Å². The summed E-state index contributed by atoms with van der Waals surface area (Å²) < 4.78 is 5.77. The van der Waals surface area contributed by atoms with Gasteiger partial charge >= 0.3 is 0 Å². The van der Waals surface area contributed by atoms with E-state index in [0.29, 0.717) is 6.61 Å². The first-order chi connectivity index (χ1) is 8.66. The van der Waals surface area contributed by atoms with E-state index in [0.717, 1.165) is 23.3 Å². The van der Waals surface area contributed by atoms with Crippen LogP contribution in [-0.4, -0.2) is 11.7 Å². The number of hydrogen-bond acceptors (Lipinski definition) is 3. The fourth-order valence-corrected chi connectivity index (χ4v) is 2.54. The summed E-state index contributed by atoms with van der Waals surface area (Å²) in [5.41, 5.74) is 3.29. The number of benzene rings is 1. The van der Waals surface area contributed by atoms with Crippen molar-refractivity contribution >= 4 is 11.3 Å². The molecule has 3 heteroatoms. The van der Waals surface area contributed by atoms with Gasteiger partial charge in [-0.2, -0.15) is 11.3 Å². The Morgan fingerprint density at radius 2 is 2.17 bits per heavy atom. The zero-order chi connectivity index (χ0) is 13.0. The number of ether oxygens (including phenoxy) is 1. The van der Waals surface area contributed by atoms with E-state index in [1.807, 2.05) is 25.1 Å². The molecular formula is C15H18O2S. The van der Waals surface area contributed by atoms with E-state index in [9.17, 15) is 5.11 Å². The molecule has 2 aromatic rings. The van der Waals surface area contributed by atoms with Gasteiger partial charge in [0.05, 0.1) is 12.7 Å². The molecule has 0 aliphatic carbocycles. The molecule has 2 nitrogen and oxygen atoms in total. The quantitative estimate of drug-likeness (QED) is 0.889. The number of hydrogen-bond donors (Lipinski definition) is 1. The van der Waals surface area contributed by atoms with E-state index in [-0.39, 0.29) is 0 Å². The summed E-state index contributed by atoms with van der Waals surface area (Å²) in [7, 11) is 0. The smallest absolute Gasteiger partial charge is 0.125 e. The van der Waals surface area contributed by atoms with Gasteiger partial charge in [0, 0.05) is 12.0 Å². The molecule has 1 aromatic carbocycles. The molecular weight excluding hydrogens is 244 g/mol. The van der Waals surface area contributed by atoms with Crippen molar-refractivity contribution < 1.29 is 9.84 Å². The van der Waals surface area contributed by atoms with Crippen molar-refractivity contribution in [3.63, 3.8) is 0 Å². The maximum absolute atomic E-state index is 9.73. The van der Waals surface area contributed by atoms with E-state index in [1.54, 1.807) is 18.3 Å². The number of aryl methyl sites for hydroxylation is 1. The molecule has 1 heterocycles. The van der Waals surface area contributed by atoms with E-state index < -0.39 is 6.10 Å². The highest BCUT2D eigenvalue weighted by atomic mass is 32.1. The molecule has 18 heavy (non-hydrogen) atoms. The van der Waals surface area contributed by atoms with Crippen LogP contribution in [0.3, 0.4) is 0 Å². The Morgan fingerprint density at radius 3 is 2.83 bits per heavy atom. The first-order valence-corrected chi connectivity index (χ1v) is 7.03. The number of aliphatic hydroxyl groups is 1. The summed E-state index contributed by atoms with van der Waals surface area (Å²) in [4.78, 5) is 0. The molecule has 1 atom stereocenters. The van der Waals surface area contributed by atoms with Gasteiger partial charge in [0.2, 0.25) is 0 Å². The summed E-state index contributed by atoms with van der Waals surface area (Å²) >= 11 is 1.70. The molecule has 0 bridgehead atoms. The molecule has 0 radical (unpaired) electrons. The van der Waals surface area contributed by atoms with Crippen LogP contribution in [0.4, 0.5) is 0 Å². The third-order valence-corrected chi connectivity index (χ3v) is 3.58. The minimum Gasteiger partial charge on any atom is -0.493 e. The average Bonchev–Trinajstić information content (AvgIpc) is 2.84. The molecule has 2 rings (SSSR count). The first-order valence-electron chi connectivity index (χ1n) is 6.09. The molecule has 0 saturated heterocycles. The SMILES string of the molecule is Cc1ccc(OCCc2ccsc2)c([C@@H](C)O)c1. The molecule has 96 valence electrons. The van der Waals surface area contributed by atoms with Gasteiger partial charge in [-0.15, -0.1) is 0 Å². The Kier molecular flexibility index (Phi) is 4.39. The Balaban J connectivity index is 2.00. The summed E-state index contributed by atoms with van der Waals surface area (Å²) in [6, 6.07) is 8.03. The van der Waals surface area contributed by atoms with Gasteiger partial charge in [0.1, 0.15) is 5.75 Å². The second-order valence-corrected chi connectivity index (χ2v) is 5.23. The molecule has 0 aliphatic heterocycles. The van der Waals surface area contributed by atoms with Gasteiger partial charge < -0.3 is 9.84 Å². The highest BCUT2D eigenvalue weighted by Gasteiger charge is 2.09. The van der Waals surface area contributed by atoms with Gasteiger partial charge in [-0.05, 0) is 48.4 Å². The highest BCUT2D eigenvalue weighted by Crippen LogP contribution is 2.26. The van der Waals surface area contributed by atoms with Gasteiger partial charge in [-0.1, -0.05) is 11.6 Å². The zero-order valence-corrected chi connectivity index (χ0v) is 11.5. The Bertz CT molecular complexity index is 489. The second kappa shape index (κ2) is 6.03. The minimum atomic E-state index is -0.499. The van der Waals surface area contributed by atoms with Crippen molar-refractivity contribution in [3.05, 3.63) is 51.7 Å². The van der Waals surface area contributed by atoms with Crippen molar-refractivity contribution in [1.82, 2.24) is 0 Å². The summed E-state index contributed by atoms with van der Waals surface area (Å²) in [5, 5.41) is 13.9. The Labute approximate surface area is 112 Å². The lowest BCUT2D eigenvalue weighted by molar-refractivity contribution is 0.191. The van der Waals surface area contributed by atoms with Gasteiger partial charge in [-0.25, -0.2) is 0 Å². The van der Waals surface area contributed by atoms with Crippen LogP contribution in [0.15, 0.2) is 35.0 Å².